The number of carbonyl (C=O) groups excluding carboxylic acids is 1. The molecule has 1 atom stereocenters. The molecule has 3 heterocycles. The molecule has 1 amide bonds. The van der Waals surface area contributed by atoms with Gasteiger partial charge in [-0.2, -0.15) is 0 Å². The average molecular weight is 342 g/mol. The Labute approximate surface area is 143 Å². The highest BCUT2D eigenvalue weighted by atomic mass is 16.6. The highest BCUT2D eigenvalue weighted by molar-refractivity contribution is 5.93. The van der Waals surface area contributed by atoms with Crippen LogP contribution < -0.4 is 0 Å². The maximum Gasteiger partial charge on any atom is 0.257 e. The Balaban J connectivity index is 1.48. The molecule has 0 aliphatic carbocycles. The molecule has 130 valence electrons. The van der Waals surface area contributed by atoms with Crippen molar-refractivity contribution in [3.8, 4) is 0 Å². The fourth-order valence-electron chi connectivity index (χ4n) is 3.18. The van der Waals surface area contributed by atoms with Gasteiger partial charge in [0, 0.05) is 32.7 Å². The van der Waals surface area contributed by atoms with E-state index in [0.29, 0.717) is 43.8 Å². The first kappa shape index (κ1) is 15.8. The van der Waals surface area contributed by atoms with E-state index in [9.17, 15) is 9.90 Å². The van der Waals surface area contributed by atoms with Gasteiger partial charge in [-0.05, 0) is 28.0 Å². The molecular weight excluding hydrogens is 324 g/mol. The molecule has 1 aliphatic rings. The number of hydrogen-bond donors (Lipinski definition) is 1. The first-order valence-electron chi connectivity index (χ1n) is 8.13. The number of fused-ring (bicyclic) bond motifs is 1. The highest BCUT2D eigenvalue weighted by Crippen LogP contribution is 2.18. The van der Waals surface area contributed by atoms with E-state index in [0.717, 1.165) is 11.1 Å². The van der Waals surface area contributed by atoms with Crippen LogP contribution in [0, 0.1) is 0 Å². The number of furan rings is 1. The zero-order valence-electron chi connectivity index (χ0n) is 13.5. The maximum absolute atomic E-state index is 12.5. The monoisotopic (exact) mass is 342 g/mol. The number of nitrogens with zero attached hydrogens (tertiary/aromatic N) is 4. The Hall–Kier alpha value is -2.71. The molecule has 1 N–H and O–H groups in total. The number of rotatable bonds is 3. The van der Waals surface area contributed by atoms with E-state index < -0.39 is 6.10 Å². The molecule has 0 bridgehead atoms. The zero-order valence-corrected chi connectivity index (χ0v) is 13.5. The van der Waals surface area contributed by atoms with E-state index in [-0.39, 0.29) is 5.91 Å². The van der Waals surface area contributed by atoms with Crippen molar-refractivity contribution in [2.75, 3.05) is 26.2 Å². The predicted molar refractivity (Wildman–Crippen MR) is 87.7 cm³/mol. The van der Waals surface area contributed by atoms with Crippen LogP contribution in [0.25, 0.3) is 11.0 Å². The minimum Gasteiger partial charge on any atom is -0.472 e. The molecule has 0 radical (unpaired) electrons. The van der Waals surface area contributed by atoms with Crippen LogP contribution in [0.15, 0.2) is 45.8 Å². The Morgan fingerprint density at radius 1 is 1.24 bits per heavy atom. The van der Waals surface area contributed by atoms with Gasteiger partial charge in [0.1, 0.15) is 17.3 Å². The van der Waals surface area contributed by atoms with Crippen LogP contribution in [0.2, 0.25) is 0 Å². The predicted octanol–water partition coefficient (Wildman–Crippen LogP) is 1.13. The maximum atomic E-state index is 12.5. The van der Waals surface area contributed by atoms with Gasteiger partial charge in [0.15, 0.2) is 0 Å². The summed E-state index contributed by atoms with van der Waals surface area (Å²) in [5, 5.41) is 18.1. The third-order valence-corrected chi connectivity index (χ3v) is 4.41. The zero-order chi connectivity index (χ0) is 17.2. The summed E-state index contributed by atoms with van der Waals surface area (Å²) in [7, 11) is 0. The van der Waals surface area contributed by atoms with Gasteiger partial charge in [-0.15, -0.1) is 0 Å². The number of aromatic nitrogens is 2. The summed E-state index contributed by atoms with van der Waals surface area (Å²) in [4.78, 5) is 16.2. The summed E-state index contributed by atoms with van der Waals surface area (Å²) in [6.07, 6.45) is 2.28. The quantitative estimate of drug-likeness (QED) is 0.762. The molecule has 0 saturated carbocycles. The van der Waals surface area contributed by atoms with Crippen LogP contribution >= 0.6 is 0 Å². The van der Waals surface area contributed by atoms with Crippen LogP contribution in [0.1, 0.15) is 15.9 Å². The molecule has 8 heteroatoms. The van der Waals surface area contributed by atoms with Crippen molar-refractivity contribution in [1.82, 2.24) is 20.1 Å². The van der Waals surface area contributed by atoms with Crippen LogP contribution in [-0.2, 0) is 6.54 Å². The van der Waals surface area contributed by atoms with Crippen molar-refractivity contribution in [3.63, 3.8) is 0 Å². The summed E-state index contributed by atoms with van der Waals surface area (Å²) < 4.78 is 9.78. The first-order chi connectivity index (χ1) is 12.2. The molecule has 0 unspecified atom stereocenters. The van der Waals surface area contributed by atoms with Crippen molar-refractivity contribution in [3.05, 3.63) is 47.9 Å². The summed E-state index contributed by atoms with van der Waals surface area (Å²) in [6, 6.07) is 7.36. The molecule has 1 aromatic carbocycles. The third-order valence-electron chi connectivity index (χ3n) is 4.41. The summed E-state index contributed by atoms with van der Waals surface area (Å²) in [5.74, 6) is -0.127. The molecular formula is C17H18N4O4. The molecule has 1 fully saturated rings. The molecule has 0 spiro atoms. The van der Waals surface area contributed by atoms with E-state index in [1.54, 1.807) is 11.0 Å². The Morgan fingerprint density at radius 3 is 3.00 bits per heavy atom. The fraction of sp³-hybridized carbons (Fsp3) is 0.353. The van der Waals surface area contributed by atoms with Crippen molar-refractivity contribution in [2.24, 2.45) is 0 Å². The number of aliphatic hydroxyl groups is 1. The molecule has 25 heavy (non-hydrogen) atoms. The molecule has 1 aliphatic heterocycles. The Morgan fingerprint density at radius 2 is 2.16 bits per heavy atom. The third kappa shape index (κ3) is 3.26. The second kappa shape index (κ2) is 6.66. The van der Waals surface area contributed by atoms with Crippen LogP contribution in [0.5, 0.6) is 0 Å². The number of aliphatic hydroxyl groups excluding tert-OH is 1. The fourth-order valence-corrected chi connectivity index (χ4v) is 3.18. The number of benzene rings is 1. The van der Waals surface area contributed by atoms with Gasteiger partial charge in [0.25, 0.3) is 5.91 Å². The molecule has 8 nitrogen and oxygen atoms in total. The lowest BCUT2D eigenvalue weighted by molar-refractivity contribution is 0.0662. The van der Waals surface area contributed by atoms with Crippen molar-refractivity contribution < 1.29 is 18.9 Å². The van der Waals surface area contributed by atoms with Gasteiger partial charge in [-0.3, -0.25) is 9.69 Å². The largest absolute Gasteiger partial charge is 0.472 e. The van der Waals surface area contributed by atoms with E-state index in [4.69, 9.17) is 9.05 Å². The van der Waals surface area contributed by atoms with Crippen molar-refractivity contribution in [2.45, 2.75) is 12.6 Å². The van der Waals surface area contributed by atoms with Gasteiger partial charge < -0.3 is 14.4 Å². The minimum absolute atomic E-state index is 0.127. The lowest BCUT2D eigenvalue weighted by Crippen LogP contribution is -2.37. The second-order valence-corrected chi connectivity index (χ2v) is 6.20. The normalized spacial score (nSPS) is 19.2. The second-order valence-electron chi connectivity index (χ2n) is 6.20. The molecule has 2 aromatic heterocycles. The molecule has 3 aromatic rings. The van der Waals surface area contributed by atoms with Gasteiger partial charge in [0.05, 0.1) is 17.9 Å². The lowest BCUT2D eigenvalue weighted by Gasteiger charge is -2.21. The first-order valence-corrected chi connectivity index (χ1v) is 8.13. The average Bonchev–Trinajstić information content (AvgIpc) is 3.26. The van der Waals surface area contributed by atoms with Gasteiger partial charge in [0.2, 0.25) is 0 Å². The topological polar surface area (TPSA) is 95.8 Å². The van der Waals surface area contributed by atoms with Crippen LogP contribution in [-0.4, -0.2) is 63.4 Å². The Kier molecular flexibility index (Phi) is 4.21. The number of carbonyl (C=O) groups is 1. The van der Waals surface area contributed by atoms with Gasteiger partial charge in [-0.1, -0.05) is 12.1 Å². The number of amides is 1. The van der Waals surface area contributed by atoms with Crippen molar-refractivity contribution >= 4 is 16.9 Å². The standard InChI is InChI=1S/C17H18N4O4/c22-14-9-20(8-12-2-1-3-15-16(12)19-25-18-15)5-6-21(10-14)17(23)13-4-7-24-11-13/h1-4,7,11,14,22H,5-6,8-10H2/t14-/m1/s1. The van der Waals surface area contributed by atoms with Crippen LogP contribution in [0.3, 0.4) is 0 Å². The minimum atomic E-state index is -0.618. The lowest BCUT2D eigenvalue weighted by atomic mass is 10.1. The molecule has 1 saturated heterocycles. The summed E-state index contributed by atoms with van der Waals surface area (Å²) in [6.45, 7) is 2.58. The van der Waals surface area contributed by atoms with E-state index in [1.807, 2.05) is 18.2 Å². The number of hydrogen-bond acceptors (Lipinski definition) is 7. The highest BCUT2D eigenvalue weighted by Gasteiger charge is 2.26. The SMILES string of the molecule is O=C(c1ccoc1)N1CCN(Cc2cccc3nonc23)C[C@@H](O)C1. The van der Waals surface area contributed by atoms with E-state index in [1.165, 1.54) is 12.5 Å². The summed E-state index contributed by atoms with van der Waals surface area (Å²) >= 11 is 0. The van der Waals surface area contributed by atoms with E-state index >= 15 is 0 Å². The smallest absolute Gasteiger partial charge is 0.257 e. The van der Waals surface area contributed by atoms with E-state index in [2.05, 4.69) is 15.2 Å². The van der Waals surface area contributed by atoms with Crippen molar-refractivity contribution in [1.29, 1.82) is 0 Å². The van der Waals surface area contributed by atoms with Crippen LogP contribution in [0.4, 0.5) is 0 Å². The van der Waals surface area contributed by atoms with Gasteiger partial charge in [-0.25, -0.2) is 4.63 Å². The number of β-amino-alcohol motifs (C(OH)–C–C–N with tert-alkyl or cyclic N) is 1. The molecule has 4 rings (SSSR count). The van der Waals surface area contributed by atoms with Gasteiger partial charge >= 0.3 is 0 Å². The summed E-state index contributed by atoms with van der Waals surface area (Å²) in [5.41, 5.74) is 2.93. The Bertz CT molecular complexity index is 861.